The zero-order valence-corrected chi connectivity index (χ0v) is 19.7. The van der Waals surface area contributed by atoms with Crippen LogP contribution in [0.5, 0.6) is 5.75 Å². The van der Waals surface area contributed by atoms with Crippen molar-refractivity contribution in [2.45, 2.75) is 13.8 Å². The summed E-state index contributed by atoms with van der Waals surface area (Å²) in [7, 11) is 0. The van der Waals surface area contributed by atoms with E-state index in [2.05, 4.69) is 10.5 Å². The van der Waals surface area contributed by atoms with Gasteiger partial charge in [-0.3, -0.25) is 15.1 Å². The Morgan fingerprint density at radius 3 is 2.39 bits per heavy atom. The van der Waals surface area contributed by atoms with Gasteiger partial charge in [0, 0.05) is 11.1 Å². The first-order chi connectivity index (χ1) is 17.3. The van der Waals surface area contributed by atoms with Crippen LogP contribution in [0.4, 0.5) is 17.1 Å². The Hall–Kier alpha value is -4.91. The quantitative estimate of drug-likeness (QED) is 0.246. The van der Waals surface area contributed by atoms with Gasteiger partial charge in [0.25, 0.3) is 5.91 Å². The van der Waals surface area contributed by atoms with Crippen LogP contribution in [0.1, 0.15) is 27.0 Å². The highest BCUT2D eigenvalue weighted by atomic mass is 16.4. The van der Waals surface area contributed by atoms with Gasteiger partial charge in [0.2, 0.25) is 0 Å². The van der Waals surface area contributed by atoms with Crippen LogP contribution >= 0.6 is 0 Å². The van der Waals surface area contributed by atoms with Gasteiger partial charge in [0.05, 0.1) is 22.6 Å². The van der Waals surface area contributed by atoms with E-state index in [0.717, 1.165) is 16.7 Å². The van der Waals surface area contributed by atoms with E-state index in [1.54, 1.807) is 48.5 Å². The lowest BCUT2D eigenvalue weighted by molar-refractivity contribution is -0.111. The maximum Gasteiger partial charge on any atom is 0.335 e. The number of hydrogen-bond donors (Lipinski definition) is 3. The Kier molecular flexibility index (Phi) is 5.74. The lowest BCUT2D eigenvalue weighted by atomic mass is 9.99. The molecular formula is C29H23N3O4. The van der Waals surface area contributed by atoms with Gasteiger partial charge in [-0.1, -0.05) is 54.6 Å². The molecular weight excluding hydrogens is 454 g/mol. The molecule has 0 saturated carbocycles. The average Bonchev–Trinajstić information content (AvgIpc) is 3.16. The van der Waals surface area contributed by atoms with Crippen LogP contribution in [0, 0.1) is 13.8 Å². The number of nitrogens with one attached hydrogen (secondary N) is 1. The highest BCUT2D eigenvalue weighted by Crippen LogP contribution is 2.38. The minimum atomic E-state index is -1.08. The van der Waals surface area contributed by atoms with Crippen LogP contribution in [0.15, 0.2) is 90.0 Å². The number of carboxylic acid groups (broad SMARTS) is 1. The Morgan fingerprint density at radius 1 is 0.861 bits per heavy atom. The second-order valence-electron chi connectivity index (χ2n) is 8.59. The molecule has 0 fully saturated rings. The number of aryl methyl sites for hydroxylation is 2. The summed E-state index contributed by atoms with van der Waals surface area (Å²) in [6, 6.07) is 24.6. The predicted molar refractivity (Wildman–Crippen MR) is 140 cm³/mol. The fraction of sp³-hybridized carbons (Fsp3) is 0.0690. The first-order valence-corrected chi connectivity index (χ1v) is 11.4. The number of para-hydroxylation sites is 2. The Labute approximate surface area is 208 Å². The molecule has 178 valence electrons. The number of hydrazone groups is 1. The average molecular weight is 478 g/mol. The van der Waals surface area contributed by atoms with Crippen LogP contribution in [0.25, 0.3) is 11.1 Å². The van der Waals surface area contributed by atoms with E-state index in [-0.39, 0.29) is 17.0 Å². The molecule has 4 aromatic carbocycles. The number of aromatic hydroxyl groups is 1. The number of hydrogen-bond acceptors (Lipinski definition) is 5. The fourth-order valence-electron chi connectivity index (χ4n) is 4.23. The number of phenolic OH excluding ortho intramolecular Hbond substituents is 1. The van der Waals surface area contributed by atoms with Crippen LogP contribution in [0.3, 0.4) is 0 Å². The monoisotopic (exact) mass is 477 g/mol. The van der Waals surface area contributed by atoms with Gasteiger partial charge in [-0.15, -0.1) is 0 Å². The number of carbonyl (C=O) groups is 2. The van der Waals surface area contributed by atoms with E-state index in [4.69, 9.17) is 0 Å². The van der Waals surface area contributed by atoms with E-state index in [1.807, 2.05) is 38.1 Å². The zero-order chi connectivity index (χ0) is 25.4. The number of phenols is 1. The largest absolute Gasteiger partial charge is 0.505 e. The first kappa shape index (κ1) is 22.9. The molecule has 36 heavy (non-hydrogen) atoms. The van der Waals surface area contributed by atoms with E-state index in [1.165, 1.54) is 17.0 Å². The number of amides is 1. The highest BCUT2D eigenvalue weighted by molar-refractivity contribution is 6.55. The Balaban J connectivity index is 1.51. The number of aromatic carboxylic acids is 1. The molecule has 7 nitrogen and oxygen atoms in total. The third-order valence-corrected chi connectivity index (χ3v) is 6.30. The van der Waals surface area contributed by atoms with E-state index in [9.17, 15) is 19.8 Å². The highest BCUT2D eigenvalue weighted by Gasteiger charge is 2.35. The molecule has 1 aliphatic heterocycles. The molecule has 1 aliphatic rings. The van der Waals surface area contributed by atoms with Crippen LogP contribution in [0.2, 0.25) is 0 Å². The molecule has 4 aromatic rings. The summed E-state index contributed by atoms with van der Waals surface area (Å²) in [4.78, 5) is 26.3. The molecule has 0 atom stereocenters. The molecule has 7 heteroatoms. The minimum Gasteiger partial charge on any atom is -0.505 e. The maximum absolute atomic E-state index is 13.5. The summed E-state index contributed by atoms with van der Waals surface area (Å²) in [5.41, 5.74) is 8.87. The van der Waals surface area contributed by atoms with Gasteiger partial charge < -0.3 is 10.2 Å². The number of fused-ring (bicyclic) bond motifs is 1. The standard InChI is InChI=1S/C29H23N3O4/c1-17-13-14-19(15-18(17)2)22-10-6-11-24(27(22)33)30-31-26-23-9-3-4-12-25(23)32(28(26)34)21-8-5-7-20(16-21)29(35)36/h3-16,30,33H,1-2H3,(H,35,36). The van der Waals surface area contributed by atoms with Gasteiger partial charge in [0.15, 0.2) is 5.71 Å². The van der Waals surface area contributed by atoms with Crippen LogP contribution in [-0.2, 0) is 4.79 Å². The third-order valence-electron chi connectivity index (χ3n) is 6.30. The maximum atomic E-state index is 13.5. The second kappa shape index (κ2) is 9.03. The molecule has 5 rings (SSSR count). The smallest absolute Gasteiger partial charge is 0.335 e. The second-order valence-corrected chi connectivity index (χ2v) is 8.59. The van der Waals surface area contributed by atoms with Crippen LogP contribution in [-0.4, -0.2) is 27.8 Å². The fourth-order valence-corrected chi connectivity index (χ4v) is 4.23. The van der Waals surface area contributed by atoms with Crippen molar-refractivity contribution >= 4 is 34.7 Å². The lowest BCUT2D eigenvalue weighted by Gasteiger charge is -2.17. The molecule has 0 aromatic heterocycles. The van der Waals surface area contributed by atoms with Gasteiger partial charge in [-0.25, -0.2) is 4.79 Å². The summed E-state index contributed by atoms with van der Waals surface area (Å²) >= 11 is 0. The van der Waals surface area contributed by atoms with Crippen molar-refractivity contribution in [2.75, 3.05) is 10.3 Å². The molecule has 0 radical (unpaired) electrons. The summed E-state index contributed by atoms with van der Waals surface area (Å²) in [5.74, 6) is -1.46. The summed E-state index contributed by atoms with van der Waals surface area (Å²) in [5, 5.41) is 24.7. The van der Waals surface area contributed by atoms with Gasteiger partial charge in [-0.05, 0) is 60.9 Å². The van der Waals surface area contributed by atoms with Crippen molar-refractivity contribution in [3.63, 3.8) is 0 Å². The summed E-state index contributed by atoms with van der Waals surface area (Å²) < 4.78 is 0. The topological polar surface area (TPSA) is 102 Å². The van der Waals surface area contributed by atoms with Gasteiger partial charge >= 0.3 is 5.97 Å². The lowest BCUT2D eigenvalue weighted by Crippen LogP contribution is -2.26. The van der Waals surface area contributed by atoms with Crippen molar-refractivity contribution in [1.82, 2.24) is 0 Å². The normalized spacial score (nSPS) is 13.7. The zero-order valence-electron chi connectivity index (χ0n) is 19.7. The molecule has 0 unspecified atom stereocenters. The van der Waals surface area contributed by atoms with Gasteiger partial charge in [0.1, 0.15) is 5.75 Å². The predicted octanol–water partition coefficient (Wildman–Crippen LogP) is 5.87. The third kappa shape index (κ3) is 3.96. The summed E-state index contributed by atoms with van der Waals surface area (Å²) in [6.45, 7) is 4.05. The van der Waals surface area contributed by atoms with E-state index in [0.29, 0.717) is 28.2 Å². The number of benzene rings is 4. The Morgan fingerprint density at radius 2 is 1.61 bits per heavy atom. The molecule has 0 bridgehead atoms. The molecule has 0 saturated heterocycles. The SMILES string of the molecule is Cc1ccc(-c2cccc(NN=C3C(=O)N(c4cccc(C(=O)O)c4)c4ccccc43)c2O)cc1C. The molecule has 0 spiro atoms. The summed E-state index contributed by atoms with van der Waals surface area (Å²) in [6.07, 6.45) is 0. The van der Waals surface area contributed by atoms with Crippen molar-refractivity contribution in [3.05, 3.63) is 107 Å². The molecule has 1 amide bonds. The Bertz CT molecular complexity index is 1560. The number of anilines is 3. The molecule has 1 heterocycles. The molecule has 3 N–H and O–H groups in total. The number of carboxylic acids is 1. The van der Waals surface area contributed by atoms with E-state index >= 15 is 0 Å². The van der Waals surface area contributed by atoms with Crippen molar-refractivity contribution in [3.8, 4) is 16.9 Å². The van der Waals surface area contributed by atoms with Crippen molar-refractivity contribution in [2.24, 2.45) is 5.10 Å². The number of carbonyl (C=O) groups excluding carboxylic acids is 1. The van der Waals surface area contributed by atoms with Crippen molar-refractivity contribution < 1.29 is 19.8 Å². The van der Waals surface area contributed by atoms with E-state index < -0.39 is 11.9 Å². The number of rotatable bonds is 5. The first-order valence-electron chi connectivity index (χ1n) is 11.4. The number of nitrogens with zero attached hydrogens (tertiary/aromatic N) is 2. The van der Waals surface area contributed by atoms with Crippen molar-refractivity contribution in [1.29, 1.82) is 0 Å². The van der Waals surface area contributed by atoms with Gasteiger partial charge in [-0.2, -0.15) is 5.10 Å². The minimum absolute atomic E-state index is 0.0230. The van der Waals surface area contributed by atoms with Crippen LogP contribution < -0.4 is 10.3 Å². The molecule has 0 aliphatic carbocycles.